The van der Waals surface area contributed by atoms with Gasteiger partial charge in [-0.15, -0.1) is 0 Å². The van der Waals surface area contributed by atoms with Crippen LogP contribution < -0.4 is 10.6 Å². The Bertz CT molecular complexity index is 735. The number of nitrogens with zero attached hydrogens (tertiary/aromatic N) is 1. The molecular weight excluding hydrogens is 387 g/mol. The molecule has 1 heterocycles. The van der Waals surface area contributed by atoms with Gasteiger partial charge < -0.3 is 15.7 Å². The number of amides is 2. The lowest BCUT2D eigenvalue weighted by atomic mass is 9.94. The number of aliphatic hydroxyl groups is 1. The van der Waals surface area contributed by atoms with Crippen LogP contribution in [0.3, 0.4) is 0 Å². The SMILES string of the molecule is O=C(CNC(=O)c1cccc(C(F)(F)F)c1)NC1CN(C2CCCCC2)CC1O. The standard InChI is InChI=1S/C20H26F3N3O3/c21-20(22,23)14-6-4-5-13(9-14)19(29)24-10-18(28)25-16-11-26(12-17(16)27)15-7-2-1-3-8-15/h4-6,9,15-17,27H,1-3,7-8,10-12H2,(H,24,29)(H,25,28). The summed E-state index contributed by atoms with van der Waals surface area (Å²) in [5, 5.41) is 15.3. The molecule has 1 aromatic rings. The van der Waals surface area contributed by atoms with Crippen molar-refractivity contribution in [3.63, 3.8) is 0 Å². The van der Waals surface area contributed by atoms with Gasteiger partial charge in [0.25, 0.3) is 5.91 Å². The Morgan fingerprint density at radius 2 is 1.86 bits per heavy atom. The predicted molar refractivity (Wildman–Crippen MR) is 100 cm³/mol. The van der Waals surface area contributed by atoms with E-state index in [2.05, 4.69) is 15.5 Å². The summed E-state index contributed by atoms with van der Waals surface area (Å²) in [6.07, 6.45) is 0.557. The van der Waals surface area contributed by atoms with Crippen LogP contribution in [-0.2, 0) is 11.0 Å². The molecule has 1 aliphatic carbocycles. The van der Waals surface area contributed by atoms with Crippen LogP contribution in [0.4, 0.5) is 13.2 Å². The van der Waals surface area contributed by atoms with Crippen LogP contribution in [-0.4, -0.2) is 59.6 Å². The average Bonchev–Trinajstić information content (AvgIpc) is 3.06. The van der Waals surface area contributed by atoms with E-state index < -0.39 is 35.7 Å². The molecule has 29 heavy (non-hydrogen) atoms. The predicted octanol–water partition coefficient (Wildman–Crippen LogP) is 1.93. The Morgan fingerprint density at radius 1 is 1.14 bits per heavy atom. The molecule has 2 amide bonds. The van der Waals surface area contributed by atoms with Crippen LogP contribution in [0.25, 0.3) is 0 Å². The van der Waals surface area contributed by atoms with Gasteiger partial charge in [-0.05, 0) is 31.0 Å². The second-order valence-electron chi connectivity index (χ2n) is 7.75. The van der Waals surface area contributed by atoms with Gasteiger partial charge >= 0.3 is 6.18 Å². The fourth-order valence-corrected chi connectivity index (χ4v) is 4.06. The van der Waals surface area contributed by atoms with Crippen molar-refractivity contribution in [3.8, 4) is 0 Å². The van der Waals surface area contributed by atoms with E-state index in [0.29, 0.717) is 19.1 Å². The molecular formula is C20H26F3N3O3. The third-order valence-electron chi connectivity index (χ3n) is 5.62. The number of carbonyl (C=O) groups is 2. The van der Waals surface area contributed by atoms with E-state index in [1.54, 1.807) is 0 Å². The van der Waals surface area contributed by atoms with Gasteiger partial charge in [-0.1, -0.05) is 25.3 Å². The van der Waals surface area contributed by atoms with Gasteiger partial charge in [-0.3, -0.25) is 14.5 Å². The highest BCUT2D eigenvalue weighted by Crippen LogP contribution is 2.29. The maximum Gasteiger partial charge on any atom is 0.416 e. The zero-order chi connectivity index (χ0) is 21.0. The van der Waals surface area contributed by atoms with Crippen LogP contribution in [0, 0.1) is 0 Å². The smallest absolute Gasteiger partial charge is 0.390 e. The summed E-state index contributed by atoms with van der Waals surface area (Å²) in [7, 11) is 0. The quantitative estimate of drug-likeness (QED) is 0.689. The van der Waals surface area contributed by atoms with Gasteiger partial charge in [0.1, 0.15) is 0 Å². The molecule has 3 N–H and O–H groups in total. The van der Waals surface area contributed by atoms with Crippen molar-refractivity contribution in [2.24, 2.45) is 0 Å². The molecule has 0 bridgehead atoms. The Hall–Kier alpha value is -2.13. The fraction of sp³-hybridized carbons (Fsp3) is 0.600. The van der Waals surface area contributed by atoms with Crippen molar-refractivity contribution in [2.75, 3.05) is 19.6 Å². The largest absolute Gasteiger partial charge is 0.416 e. The fourth-order valence-electron chi connectivity index (χ4n) is 4.06. The maximum absolute atomic E-state index is 12.8. The summed E-state index contributed by atoms with van der Waals surface area (Å²) < 4.78 is 38.3. The van der Waals surface area contributed by atoms with Gasteiger partial charge in [0.15, 0.2) is 0 Å². The summed E-state index contributed by atoms with van der Waals surface area (Å²) >= 11 is 0. The number of halogens is 3. The van der Waals surface area contributed by atoms with Crippen LogP contribution in [0.1, 0.15) is 48.0 Å². The van der Waals surface area contributed by atoms with Crippen molar-refractivity contribution in [1.29, 1.82) is 0 Å². The second-order valence-corrected chi connectivity index (χ2v) is 7.75. The lowest BCUT2D eigenvalue weighted by Crippen LogP contribution is -2.47. The van der Waals surface area contributed by atoms with Crippen molar-refractivity contribution in [2.45, 2.75) is 56.5 Å². The number of β-amino-alcohol motifs (C(OH)–C–C–N with tert-alkyl or cyclic N) is 1. The molecule has 1 saturated carbocycles. The number of nitrogens with one attached hydrogen (secondary N) is 2. The highest BCUT2D eigenvalue weighted by Gasteiger charge is 2.36. The molecule has 2 aliphatic rings. The molecule has 2 unspecified atom stereocenters. The first-order chi connectivity index (χ1) is 13.7. The van der Waals surface area contributed by atoms with Gasteiger partial charge in [0.2, 0.25) is 5.91 Å². The van der Waals surface area contributed by atoms with Gasteiger partial charge in [0.05, 0.1) is 24.3 Å². The minimum absolute atomic E-state index is 0.169. The number of aliphatic hydroxyl groups excluding tert-OH is 1. The Labute approximate surface area is 167 Å². The van der Waals surface area contributed by atoms with E-state index in [9.17, 15) is 27.9 Å². The number of rotatable bonds is 5. The van der Waals surface area contributed by atoms with Crippen LogP contribution in [0.15, 0.2) is 24.3 Å². The average molecular weight is 413 g/mol. The van der Waals surface area contributed by atoms with Crippen molar-refractivity contribution in [3.05, 3.63) is 35.4 Å². The lowest BCUT2D eigenvalue weighted by molar-refractivity contribution is -0.137. The zero-order valence-electron chi connectivity index (χ0n) is 16.0. The number of hydrogen-bond donors (Lipinski definition) is 3. The molecule has 2 atom stereocenters. The summed E-state index contributed by atoms with van der Waals surface area (Å²) in [5.74, 6) is -1.25. The normalized spacial score (nSPS) is 23.7. The first-order valence-electron chi connectivity index (χ1n) is 9.91. The van der Waals surface area contributed by atoms with E-state index >= 15 is 0 Å². The van der Waals surface area contributed by atoms with Crippen molar-refractivity contribution in [1.82, 2.24) is 15.5 Å². The third-order valence-corrected chi connectivity index (χ3v) is 5.62. The van der Waals surface area contributed by atoms with E-state index in [0.717, 1.165) is 31.0 Å². The molecule has 0 radical (unpaired) electrons. The molecule has 9 heteroatoms. The molecule has 6 nitrogen and oxygen atoms in total. The lowest BCUT2D eigenvalue weighted by Gasteiger charge is -2.30. The number of benzene rings is 1. The summed E-state index contributed by atoms with van der Waals surface area (Å²) in [5.41, 5.74) is -1.09. The summed E-state index contributed by atoms with van der Waals surface area (Å²) in [6.45, 7) is 0.688. The number of hydrogen-bond acceptors (Lipinski definition) is 4. The minimum atomic E-state index is -4.55. The molecule has 1 aliphatic heterocycles. The van der Waals surface area contributed by atoms with Crippen molar-refractivity contribution >= 4 is 11.8 Å². The third kappa shape index (κ3) is 5.70. The first-order valence-corrected chi connectivity index (χ1v) is 9.91. The van der Waals surface area contributed by atoms with E-state index in [1.807, 2.05) is 0 Å². The van der Waals surface area contributed by atoms with E-state index in [1.165, 1.54) is 25.3 Å². The number of likely N-dealkylation sites (tertiary alicyclic amines) is 1. The molecule has 3 rings (SSSR count). The van der Waals surface area contributed by atoms with Gasteiger partial charge in [0, 0.05) is 24.7 Å². The van der Waals surface area contributed by atoms with Crippen molar-refractivity contribution < 1.29 is 27.9 Å². The topological polar surface area (TPSA) is 81.7 Å². The first kappa shape index (κ1) is 21.6. The maximum atomic E-state index is 12.8. The van der Waals surface area contributed by atoms with Gasteiger partial charge in [-0.25, -0.2) is 0 Å². The molecule has 1 saturated heterocycles. The molecule has 0 spiro atoms. The molecule has 2 fully saturated rings. The van der Waals surface area contributed by atoms with Gasteiger partial charge in [-0.2, -0.15) is 13.2 Å². The number of alkyl halides is 3. The molecule has 160 valence electrons. The van der Waals surface area contributed by atoms with Crippen LogP contribution >= 0.6 is 0 Å². The van der Waals surface area contributed by atoms with Crippen LogP contribution in [0.5, 0.6) is 0 Å². The summed E-state index contributed by atoms with van der Waals surface area (Å²) in [4.78, 5) is 26.4. The Morgan fingerprint density at radius 3 is 2.55 bits per heavy atom. The van der Waals surface area contributed by atoms with E-state index in [-0.39, 0.29) is 12.1 Å². The molecule has 1 aromatic carbocycles. The van der Waals surface area contributed by atoms with Crippen LogP contribution in [0.2, 0.25) is 0 Å². The Balaban J connectivity index is 1.48. The molecule has 0 aromatic heterocycles. The highest BCUT2D eigenvalue weighted by molar-refractivity contribution is 5.96. The summed E-state index contributed by atoms with van der Waals surface area (Å²) in [6, 6.07) is 4.03. The monoisotopic (exact) mass is 413 g/mol. The highest BCUT2D eigenvalue weighted by atomic mass is 19.4. The minimum Gasteiger partial charge on any atom is -0.390 e. The number of carbonyl (C=O) groups excluding carboxylic acids is 2. The van der Waals surface area contributed by atoms with E-state index in [4.69, 9.17) is 0 Å². The zero-order valence-corrected chi connectivity index (χ0v) is 16.0. The Kier molecular flexibility index (Phi) is 6.79. The second kappa shape index (κ2) is 9.13.